The molecule has 0 aliphatic carbocycles. The molecule has 2 unspecified atom stereocenters. The third-order valence-corrected chi connectivity index (χ3v) is 7.65. The molecule has 0 heterocycles. The zero-order valence-electron chi connectivity index (χ0n) is 19.8. The number of hydrogen-bond acceptors (Lipinski definition) is 0. The van der Waals surface area contributed by atoms with Crippen molar-refractivity contribution in [2.45, 2.75) is 161 Å². The van der Waals surface area contributed by atoms with Crippen LogP contribution in [0.25, 0.3) is 0 Å². The largest absolute Gasteiger partial charge is 0.131 e. The van der Waals surface area contributed by atoms with Gasteiger partial charge in [0, 0.05) is 0 Å². The molecule has 0 aliphatic rings. The van der Waals surface area contributed by atoms with E-state index in [9.17, 15) is 0 Å². The van der Waals surface area contributed by atoms with Gasteiger partial charge in [0.25, 0.3) is 0 Å². The van der Waals surface area contributed by atoms with Crippen LogP contribution in [0.15, 0.2) is 0 Å². The Morgan fingerprint density at radius 3 is 1.30 bits per heavy atom. The standard InChI is InChI=1S/C26H55P/c1-5-9-12-15-18-22-25(21-8-4)26(27,23-19-16-13-10-6-2)24-20-17-14-11-7-3/h25H,5-24,27H2,1-4H3. The Hall–Kier alpha value is 0.430. The first kappa shape index (κ1) is 27.4. The molecule has 0 amide bonds. The molecule has 0 aromatic carbocycles. The number of hydrogen-bond donors (Lipinski definition) is 0. The molecule has 0 bridgehead atoms. The molecule has 0 aromatic rings. The lowest BCUT2D eigenvalue weighted by Crippen LogP contribution is -2.32. The van der Waals surface area contributed by atoms with Crippen LogP contribution in [0, 0.1) is 5.92 Å². The van der Waals surface area contributed by atoms with E-state index in [-0.39, 0.29) is 0 Å². The SMILES string of the molecule is CCCCCCCC(CCC)C(P)(CCCCCCC)CCCCCCC. The highest BCUT2D eigenvalue weighted by molar-refractivity contribution is 7.19. The van der Waals surface area contributed by atoms with Crippen LogP contribution >= 0.6 is 9.24 Å². The molecule has 0 nitrogen and oxygen atoms in total. The minimum absolute atomic E-state index is 0.527. The van der Waals surface area contributed by atoms with Gasteiger partial charge in [0.1, 0.15) is 0 Å². The molecule has 0 fully saturated rings. The minimum atomic E-state index is 0.527. The molecule has 27 heavy (non-hydrogen) atoms. The predicted octanol–water partition coefficient (Wildman–Crippen LogP) is 10.1. The van der Waals surface area contributed by atoms with Gasteiger partial charge < -0.3 is 0 Å². The van der Waals surface area contributed by atoms with Crippen LogP contribution in [0.1, 0.15) is 156 Å². The molecule has 0 rings (SSSR count). The maximum Gasteiger partial charge on any atom is -0.0122 e. The van der Waals surface area contributed by atoms with Crippen molar-refractivity contribution in [1.29, 1.82) is 0 Å². The fourth-order valence-electron chi connectivity index (χ4n) is 4.71. The van der Waals surface area contributed by atoms with Crippen LogP contribution in [0.3, 0.4) is 0 Å². The van der Waals surface area contributed by atoms with Crippen molar-refractivity contribution in [1.82, 2.24) is 0 Å². The predicted molar refractivity (Wildman–Crippen MR) is 131 cm³/mol. The molecule has 0 radical (unpaired) electrons. The van der Waals surface area contributed by atoms with Crippen molar-refractivity contribution < 1.29 is 0 Å². The highest BCUT2D eigenvalue weighted by Crippen LogP contribution is 2.43. The molecule has 2 atom stereocenters. The van der Waals surface area contributed by atoms with E-state index in [1.165, 1.54) is 128 Å². The van der Waals surface area contributed by atoms with Crippen LogP contribution in [0.2, 0.25) is 0 Å². The van der Waals surface area contributed by atoms with E-state index in [2.05, 4.69) is 36.9 Å². The van der Waals surface area contributed by atoms with Gasteiger partial charge in [-0.25, -0.2) is 0 Å². The normalized spacial score (nSPS) is 13.2. The first-order chi connectivity index (χ1) is 13.1. The lowest BCUT2D eigenvalue weighted by atomic mass is 9.77. The van der Waals surface area contributed by atoms with E-state index in [0.29, 0.717) is 5.16 Å². The van der Waals surface area contributed by atoms with Crippen LogP contribution in [-0.4, -0.2) is 5.16 Å². The average Bonchev–Trinajstić information content (AvgIpc) is 2.66. The van der Waals surface area contributed by atoms with Gasteiger partial charge >= 0.3 is 0 Å². The summed E-state index contributed by atoms with van der Waals surface area (Å²) in [5.74, 6) is 0.937. The van der Waals surface area contributed by atoms with Gasteiger partial charge in [0.2, 0.25) is 0 Å². The summed E-state index contributed by atoms with van der Waals surface area (Å²) in [6, 6.07) is 0. The molecular weight excluding hydrogens is 343 g/mol. The van der Waals surface area contributed by atoms with Gasteiger partial charge in [-0.3, -0.25) is 0 Å². The quantitative estimate of drug-likeness (QED) is 0.133. The zero-order chi connectivity index (χ0) is 20.2. The Morgan fingerprint density at radius 1 is 0.481 bits per heavy atom. The summed E-state index contributed by atoms with van der Waals surface area (Å²) in [6.45, 7) is 9.38. The molecule has 0 saturated carbocycles. The average molecular weight is 399 g/mol. The third kappa shape index (κ3) is 15.0. The van der Waals surface area contributed by atoms with Crippen LogP contribution in [-0.2, 0) is 0 Å². The van der Waals surface area contributed by atoms with Crippen molar-refractivity contribution in [3.8, 4) is 0 Å². The molecule has 0 aliphatic heterocycles. The number of rotatable bonds is 21. The lowest BCUT2D eigenvalue weighted by molar-refractivity contribution is 0.274. The second-order valence-corrected chi connectivity index (χ2v) is 10.4. The third-order valence-electron chi connectivity index (χ3n) is 6.60. The number of unbranched alkanes of at least 4 members (excludes halogenated alkanes) is 12. The maximum atomic E-state index is 3.43. The fourth-order valence-corrected chi connectivity index (χ4v) is 5.45. The van der Waals surface area contributed by atoms with Crippen LogP contribution in [0.4, 0.5) is 0 Å². The summed E-state index contributed by atoms with van der Waals surface area (Å²) < 4.78 is 0. The van der Waals surface area contributed by atoms with Gasteiger partial charge in [-0.1, -0.05) is 130 Å². The molecule has 0 spiro atoms. The van der Waals surface area contributed by atoms with Crippen molar-refractivity contribution in [2.24, 2.45) is 5.92 Å². The minimum Gasteiger partial charge on any atom is -0.131 e. The molecular formula is C26H55P. The smallest absolute Gasteiger partial charge is 0.0122 e. The van der Waals surface area contributed by atoms with Crippen molar-refractivity contribution >= 4 is 9.24 Å². The summed E-state index contributed by atoms with van der Waals surface area (Å²) in [5, 5.41) is 0.527. The van der Waals surface area contributed by atoms with Crippen molar-refractivity contribution in [3.05, 3.63) is 0 Å². The molecule has 1 heteroatoms. The Labute approximate surface area is 176 Å². The van der Waals surface area contributed by atoms with E-state index in [0.717, 1.165) is 5.92 Å². The first-order valence-electron chi connectivity index (χ1n) is 12.9. The summed E-state index contributed by atoms with van der Waals surface area (Å²) in [6.07, 6.45) is 28.6. The van der Waals surface area contributed by atoms with E-state index >= 15 is 0 Å². The van der Waals surface area contributed by atoms with Gasteiger partial charge in [-0.2, -0.15) is 0 Å². The highest BCUT2D eigenvalue weighted by Gasteiger charge is 2.32. The Bertz CT molecular complexity index is 272. The summed E-state index contributed by atoms with van der Waals surface area (Å²) in [5.41, 5.74) is 0. The highest BCUT2D eigenvalue weighted by atomic mass is 31.0. The van der Waals surface area contributed by atoms with Gasteiger partial charge in [0.15, 0.2) is 0 Å². The lowest BCUT2D eigenvalue weighted by Gasteiger charge is -2.39. The van der Waals surface area contributed by atoms with E-state index in [1.54, 1.807) is 0 Å². The maximum absolute atomic E-state index is 3.43. The second kappa shape index (κ2) is 19.7. The summed E-state index contributed by atoms with van der Waals surface area (Å²) in [7, 11) is 3.43. The monoisotopic (exact) mass is 398 g/mol. The van der Waals surface area contributed by atoms with E-state index in [4.69, 9.17) is 0 Å². The van der Waals surface area contributed by atoms with Crippen LogP contribution < -0.4 is 0 Å². The first-order valence-corrected chi connectivity index (χ1v) is 13.5. The van der Waals surface area contributed by atoms with Gasteiger partial charge in [0.05, 0.1) is 0 Å². The summed E-state index contributed by atoms with van der Waals surface area (Å²) in [4.78, 5) is 0. The molecule has 0 aromatic heterocycles. The topological polar surface area (TPSA) is 0 Å². The van der Waals surface area contributed by atoms with E-state index < -0.39 is 0 Å². The van der Waals surface area contributed by atoms with Crippen molar-refractivity contribution in [3.63, 3.8) is 0 Å². The Kier molecular flexibility index (Phi) is 20.0. The van der Waals surface area contributed by atoms with Crippen LogP contribution in [0.5, 0.6) is 0 Å². The van der Waals surface area contributed by atoms with Gasteiger partial charge in [-0.15, -0.1) is 9.24 Å². The molecule has 0 saturated heterocycles. The van der Waals surface area contributed by atoms with Gasteiger partial charge in [-0.05, 0) is 36.8 Å². The Morgan fingerprint density at radius 2 is 0.889 bits per heavy atom. The van der Waals surface area contributed by atoms with Crippen molar-refractivity contribution in [2.75, 3.05) is 0 Å². The molecule has 0 N–H and O–H groups in total. The fraction of sp³-hybridized carbons (Fsp3) is 1.00. The molecule has 164 valence electrons. The van der Waals surface area contributed by atoms with E-state index in [1.807, 2.05) is 0 Å². The summed E-state index contributed by atoms with van der Waals surface area (Å²) >= 11 is 0. The zero-order valence-corrected chi connectivity index (χ0v) is 21.0. The Balaban J connectivity index is 4.61. The second-order valence-electron chi connectivity index (χ2n) is 9.25.